The van der Waals surface area contributed by atoms with Gasteiger partial charge in [0.1, 0.15) is 0 Å². The summed E-state index contributed by atoms with van der Waals surface area (Å²) in [6.45, 7) is 1.32. The minimum atomic E-state index is -1.98. The van der Waals surface area contributed by atoms with Gasteiger partial charge in [-0.05, 0) is 55.4 Å². The number of benzene rings is 1. The zero-order valence-electron chi connectivity index (χ0n) is 15.5. The normalized spacial score (nSPS) is 18.9. The number of nitrogens with one attached hydrogen (secondary N) is 3. The lowest BCUT2D eigenvalue weighted by Gasteiger charge is -2.26. The second-order valence-corrected chi connectivity index (χ2v) is 6.48. The maximum absolute atomic E-state index is 12.4. The van der Waals surface area contributed by atoms with Gasteiger partial charge in [-0.1, -0.05) is 11.8 Å². The predicted molar refractivity (Wildman–Crippen MR) is 99.6 cm³/mol. The maximum atomic E-state index is 12.4. The van der Waals surface area contributed by atoms with Crippen LogP contribution in [-0.4, -0.2) is 47.2 Å². The molecule has 1 saturated carbocycles. The third-order valence-corrected chi connectivity index (χ3v) is 4.43. The Hall–Kier alpha value is -3.33. The fourth-order valence-electron chi connectivity index (χ4n) is 2.44. The van der Waals surface area contributed by atoms with Crippen molar-refractivity contribution in [1.82, 2.24) is 16.1 Å². The third kappa shape index (κ3) is 4.89. The summed E-state index contributed by atoms with van der Waals surface area (Å²) in [4.78, 5) is 36.1. The van der Waals surface area contributed by atoms with Crippen molar-refractivity contribution in [2.24, 2.45) is 11.8 Å². The van der Waals surface area contributed by atoms with Gasteiger partial charge in [-0.2, -0.15) is 0 Å². The minimum absolute atomic E-state index is 0.148. The van der Waals surface area contributed by atoms with Crippen molar-refractivity contribution in [2.45, 2.75) is 18.9 Å². The largest absolute Gasteiger partial charge is 0.396 e. The zero-order valence-corrected chi connectivity index (χ0v) is 15.5. The predicted octanol–water partition coefficient (Wildman–Crippen LogP) is -0.590. The number of hydrogen-bond donors (Lipinski definition) is 5. The third-order valence-electron chi connectivity index (χ3n) is 4.43. The van der Waals surface area contributed by atoms with Crippen molar-refractivity contribution in [1.29, 1.82) is 0 Å². The summed E-state index contributed by atoms with van der Waals surface area (Å²) in [6.07, 6.45) is 0.901. The van der Waals surface area contributed by atoms with Crippen molar-refractivity contribution in [3.05, 3.63) is 35.4 Å². The molecule has 3 atom stereocenters. The Labute approximate surface area is 162 Å². The average Bonchev–Trinajstić information content (AvgIpc) is 3.48. The first-order valence-corrected chi connectivity index (χ1v) is 8.57. The molecule has 0 bridgehead atoms. The number of aliphatic hydroxyl groups excluding tert-OH is 1. The molecule has 28 heavy (non-hydrogen) atoms. The summed E-state index contributed by atoms with van der Waals surface area (Å²) in [6, 6.07) is 6.22. The molecule has 0 saturated heterocycles. The molecule has 1 aromatic rings. The van der Waals surface area contributed by atoms with E-state index >= 15 is 0 Å². The highest BCUT2D eigenvalue weighted by molar-refractivity contribution is 6.12. The lowest BCUT2D eigenvalue weighted by molar-refractivity contribution is -0.143. The summed E-state index contributed by atoms with van der Waals surface area (Å²) < 4.78 is 0. The fourth-order valence-corrected chi connectivity index (χ4v) is 2.44. The lowest BCUT2D eigenvalue weighted by Crippen LogP contribution is -2.64. The Morgan fingerprint density at radius 3 is 2.39 bits per heavy atom. The number of hydroxylamine groups is 1. The van der Waals surface area contributed by atoms with Gasteiger partial charge in [0, 0.05) is 30.7 Å². The van der Waals surface area contributed by atoms with Gasteiger partial charge in [-0.25, -0.2) is 5.48 Å². The number of carbonyl (C=O) groups is 3. The van der Waals surface area contributed by atoms with E-state index in [1.54, 1.807) is 12.1 Å². The highest BCUT2D eigenvalue weighted by atomic mass is 16.5. The molecule has 1 aliphatic rings. The van der Waals surface area contributed by atoms with E-state index in [-0.39, 0.29) is 24.0 Å². The van der Waals surface area contributed by atoms with Gasteiger partial charge >= 0.3 is 0 Å². The van der Waals surface area contributed by atoms with Crippen LogP contribution in [-0.2, 0) is 9.59 Å². The molecule has 8 nitrogen and oxygen atoms in total. The number of carbonyl (C=O) groups excluding carboxylic acids is 3. The van der Waals surface area contributed by atoms with Gasteiger partial charge in [0.15, 0.2) is 5.54 Å². The number of likely N-dealkylation sites (N-methyl/N-ethyl adjacent to an activating group) is 1. The van der Waals surface area contributed by atoms with E-state index in [9.17, 15) is 14.4 Å². The summed E-state index contributed by atoms with van der Waals surface area (Å²) in [5.41, 5.74) is 0.243. The molecule has 0 radical (unpaired) electrons. The fraction of sp³-hybridized carbons (Fsp3) is 0.350. The van der Waals surface area contributed by atoms with E-state index < -0.39 is 23.3 Å². The SMILES string of the molecule is CNC(=O)C(C)(NC(=O)c1ccc(C#CC#CC2CC2CO)cc1)C(=O)NO. The quantitative estimate of drug-likeness (QED) is 0.201. The molecule has 146 valence electrons. The van der Waals surface area contributed by atoms with Crippen LogP contribution in [0.5, 0.6) is 0 Å². The van der Waals surface area contributed by atoms with Crippen LogP contribution in [0.1, 0.15) is 29.3 Å². The second-order valence-electron chi connectivity index (χ2n) is 6.48. The molecule has 0 aromatic heterocycles. The molecule has 8 heteroatoms. The molecule has 3 unspecified atom stereocenters. The molecular formula is C20H21N3O5. The summed E-state index contributed by atoms with van der Waals surface area (Å²) in [5.74, 6) is 9.26. The van der Waals surface area contributed by atoms with Crippen molar-refractivity contribution >= 4 is 17.7 Å². The molecule has 2 rings (SSSR count). The summed E-state index contributed by atoms with van der Waals surface area (Å²) in [7, 11) is 1.31. The zero-order chi connectivity index (χ0) is 20.7. The lowest BCUT2D eigenvalue weighted by atomic mass is 9.99. The van der Waals surface area contributed by atoms with Crippen LogP contribution >= 0.6 is 0 Å². The van der Waals surface area contributed by atoms with Crippen LogP contribution in [0.15, 0.2) is 24.3 Å². The molecule has 0 heterocycles. The average molecular weight is 383 g/mol. The van der Waals surface area contributed by atoms with Crippen molar-refractivity contribution in [3.8, 4) is 23.7 Å². The highest BCUT2D eigenvalue weighted by Crippen LogP contribution is 2.36. The van der Waals surface area contributed by atoms with Crippen molar-refractivity contribution in [2.75, 3.05) is 13.7 Å². The molecular weight excluding hydrogens is 362 g/mol. The second kappa shape index (κ2) is 9.05. The first kappa shape index (κ1) is 21.0. The Morgan fingerprint density at radius 1 is 1.18 bits per heavy atom. The van der Waals surface area contributed by atoms with Crippen LogP contribution in [0.3, 0.4) is 0 Å². The molecule has 1 fully saturated rings. The van der Waals surface area contributed by atoms with E-state index in [0.29, 0.717) is 5.56 Å². The van der Waals surface area contributed by atoms with Crippen LogP contribution < -0.4 is 16.1 Å². The van der Waals surface area contributed by atoms with E-state index in [0.717, 1.165) is 6.42 Å². The topological polar surface area (TPSA) is 128 Å². The molecule has 1 aromatic carbocycles. The summed E-state index contributed by atoms with van der Waals surface area (Å²) in [5, 5.41) is 22.4. The number of aliphatic hydroxyl groups is 1. The molecule has 5 N–H and O–H groups in total. The van der Waals surface area contributed by atoms with E-state index in [1.165, 1.54) is 31.6 Å². The highest BCUT2D eigenvalue weighted by Gasteiger charge is 2.42. The molecule has 3 amide bonds. The first-order valence-electron chi connectivity index (χ1n) is 8.57. The molecule has 0 spiro atoms. The van der Waals surface area contributed by atoms with Crippen molar-refractivity contribution < 1.29 is 24.7 Å². The number of hydrogen-bond acceptors (Lipinski definition) is 5. The molecule has 1 aliphatic carbocycles. The van der Waals surface area contributed by atoms with Gasteiger partial charge in [0.05, 0.1) is 0 Å². The van der Waals surface area contributed by atoms with Gasteiger partial charge in [-0.15, -0.1) is 0 Å². The van der Waals surface area contributed by atoms with Gasteiger partial charge in [-0.3, -0.25) is 19.6 Å². The minimum Gasteiger partial charge on any atom is -0.396 e. The van der Waals surface area contributed by atoms with Crippen molar-refractivity contribution in [3.63, 3.8) is 0 Å². The standard InChI is InChI=1S/C20H21N3O5/c1-20(18(26)21-2,19(27)23-28)22-17(25)14-9-7-13(8-10-14)5-3-4-6-15-11-16(15)12-24/h7-10,15-16,24,28H,11-12H2,1-2H3,(H,21,26)(H,22,25)(H,23,27). The van der Waals surface area contributed by atoms with E-state index in [1.807, 2.05) is 0 Å². The Balaban J connectivity index is 2.05. The van der Waals surface area contributed by atoms with Gasteiger partial charge in [0.2, 0.25) is 0 Å². The van der Waals surface area contributed by atoms with Crippen LogP contribution in [0, 0.1) is 35.5 Å². The van der Waals surface area contributed by atoms with Crippen LogP contribution in [0.2, 0.25) is 0 Å². The van der Waals surface area contributed by atoms with Gasteiger partial charge in [0.25, 0.3) is 17.7 Å². The van der Waals surface area contributed by atoms with Crippen LogP contribution in [0.4, 0.5) is 0 Å². The van der Waals surface area contributed by atoms with Crippen LogP contribution in [0.25, 0.3) is 0 Å². The Morgan fingerprint density at radius 2 is 1.86 bits per heavy atom. The summed E-state index contributed by atoms with van der Waals surface area (Å²) >= 11 is 0. The maximum Gasteiger partial charge on any atom is 0.278 e. The Kier molecular flexibility index (Phi) is 6.78. The molecule has 0 aliphatic heterocycles. The smallest absolute Gasteiger partial charge is 0.278 e. The van der Waals surface area contributed by atoms with E-state index in [4.69, 9.17) is 10.3 Å². The number of rotatable bonds is 5. The number of amides is 3. The Bertz CT molecular complexity index is 870. The first-order chi connectivity index (χ1) is 13.3. The van der Waals surface area contributed by atoms with Gasteiger partial charge < -0.3 is 15.7 Å². The monoisotopic (exact) mass is 383 g/mol. The van der Waals surface area contributed by atoms with E-state index in [2.05, 4.69) is 34.3 Å².